The molecule has 0 atom stereocenters. The van der Waals surface area contributed by atoms with E-state index in [4.69, 9.17) is 0 Å². The van der Waals surface area contributed by atoms with Crippen LogP contribution in [0.4, 0.5) is 5.69 Å². The largest absolute Gasteiger partial charge is 0.326 e. The van der Waals surface area contributed by atoms with Crippen molar-refractivity contribution >= 4 is 34.2 Å². The number of anilines is 1. The number of benzene rings is 1. The Kier molecular flexibility index (Phi) is 4.13. The molecule has 3 heteroatoms. The minimum atomic E-state index is 0.0184. The van der Waals surface area contributed by atoms with E-state index in [1.165, 1.54) is 14.7 Å². The molecule has 0 aliphatic rings. The van der Waals surface area contributed by atoms with Crippen molar-refractivity contribution in [2.45, 2.75) is 27.7 Å². The average molecular weight is 317 g/mol. The van der Waals surface area contributed by atoms with E-state index < -0.39 is 0 Å². The predicted octanol–water partition coefficient (Wildman–Crippen LogP) is 3.50. The molecule has 82 valence electrons. The second-order valence-electron chi connectivity index (χ2n) is 4.07. The third-order valence-corrected chi connectivity index (χ3v) is 3.93. The number of hydrogen-bond acceptors (Lipinski definition) is 1. The summed E-state index contributed by atoms with van der Waals surface area (Å²) < 4.78 is 1.26. The number of aryl methyl sites for hydroxylation is 2. The third kappa shape index (κ3) is 3.19. The first-order valence-corrected chi connectivity index (χ1v) is 6.07. The number of hydrogen-bond donors (Lipinski definition) is 1. The van der Waals surface area contributed by atoms with E-state index in [-0.39, 0.29) is 11.8 Å². The van der Waals surface area contributed by atoms with Gasteiger partial charge in [0, 0.05) is 15.2 Å². The summed E-state index contributed by atoms with van der Waals surface area (Å²) in [6.45, 7) is 7.89. The number of amides is 1. The normalized spacial score (nSPS) is 10.5. The molecule has 0 heterocycles. The summed E-state index contributed by atoms with van der Waals surface area (Å²) in [6.07, 6.45) is 0. The summed E-state index contributed by atoms with van der Waals surface area (Å²) in [5, 5.41) is 2.91. The van der Waals surface area contributed by atoms with Gasteiger partial charge in [-0.1, -0.05) is 13.8 Å². The molecule has 1 rings (SSSR count). The van der Waals surface area contributed by atoms with Crippen LogP contribution < -0.4 is 5.32 Å². The molecule has 0 spiro atoms. The Morgan fingerprint density at radius 1 is 1.27 bits per heavy atom. The smallest absolute Gasteiger partial charge is 0.226 e. The van der Waals surface area contributed by atoms with Gasteiger partial charge in [-0.25, -0.2) is 0 Å². The van der Waals surface area contributed by atoms with Crippen molar-refractivity contribution in [2.24, 2.45) is 5.92 Å². The molecule has 15 heavy (non-hydrogen) atoms. The second-order valence-corrected chi connectivity index (χ2v) is 5.15. The highest BCUT2D eigenvalue weighted by Crippen LogP contribution is 2.21. The fourth-order valence-electron chi connectivity index (χ4n) is 1.30. The summed E-state index contributed by atoms with van der Waals surface area (Å²) in [4.78, 5) is 11.5. The molecule has 0 aliphatic carbocycles. The minimum absolute atomic E-state index is 0.0184. The Morgan fingerprint density at radius 3 is 2.13 bits per heavy atom. The Balaban J connectivity index is 2.93. The predicted molar refractivity (Wildman–Crippen MR) is 72.1 cm³/mol. The fraction of sp³-hybridized carbons (Fsp3) is 0.417. The molecule has 0 radical (unpaired) electrons. The van der Waals surface area contributed by atoms with Gasteiger partial charge in [0.1, 0.15) is 0 Å². The van der Waals surface area contributed by atoms with E-state index in [2.05, 4.69) is 41.8 Å². The van der Waals surface area contributed by atoms with E-state index in [0.717, 1.165) is 5.69 Å². The lowest BCUT2D eigenvalue weighted by molar-refractivity contribution is -0.118. The monoisotopic (exact) mass is 317 g/mol. The maximum atomic E-state index is 11.5. The summed E-state index contributed by atoms with van der Waals surface area (Å²) in [5.41, 5.74) is 3.30. The number of halogens is 1. The van der Waals surface area contributed by atoms with Crippen LogP contribution in [-0.2, 0) is 4.79 Å². The Hall–Kier alpha value is -0.580. The van der Waals surface area contributed by atoms with Crippen LogP contribution in [0.15, 0.2) is 12.1 Å². The van der Waals surface area contributed by atoms with Gasteiger partial charge in [-0.2, -0.15) is 0 Å². The van der Waals surface area contributed by atoms with Crippen LogP contribution in [0.5, 0.6) is 0 Å². The first-order valence-electron chi connectivity index (χ1n) is 4.99. The van der Waals surface area contributed by atoms with Crippen molar-refractivity contribution in [3.8, 4) is 0 Å². The van der Waals surface area contributed by atoms with Gasteiger partial charge in [-0.05, 0) is 59.7 Å². The molecule has 0 unspecified atom stereocenters. The summed E-state index contributed by atoms with van der Waals surface area (Å²) in [6, 6.07) is 4.02. The molecule has 1 aromatic rings. The highest BCUT2D eigenvalue weighted by Gasteiger charge is 2.08. The van der Waals surface area contributed by atoms with Crippen molar-refractivity contribution in [3.05, 3.63) is 26.8 Å². The molecular weight excluding hydrogens is 301 g/mol. The molecule has 2 nitrogen and oxygen atoms in total. The van der Waals surface area contributed by atoms with E-state index in [0.29, 0.717) is 0 Å². The lowest BCUT2D eigenvalue weighted by atomic mass is 10.1. The molecule has 0 saturated heterocycles. The van der Waals surface area contributed by atoms with Crippen LogP contribution in [0.1, 0.15) is 25.0 Å². The van der Waals surface area contributed by atoms with Gasteiger partial charge in [0.25, 0.3) is 0 Å². The van der Waals surface area contributed by atoms with E-state index in [1.807, 2.05) is 26.0 Å². The topological polar surface area (TPSA) is 29.1 Å². The van der Waals surface area contributed by atoms with Crippen molar-refractivity contribution in [1.82, 2.24) is 0 Å². The zero-order chi connectivity index (χ0) is 11.6. The molecule has 0 aromatic heterocycles. The van der Waals surface area contributed by atoms with Crippen molar-refractivity contribution in [2.75, 3.05) is 5.32 Å². The molecule has 1 amide bonds. The molecular formula is C12H16INO. The van der Waals surface area contributed by atoms with Crippen molar-refractivity contribution in [1.29, 1.82) is 0 Å². The SMILES string of the molecule is Cc1cc(NC(=O)C(C)C)cc(C)c1I. The van der Waals surface area contributed by atoms with Crippen molar-refractivity contribution in [3.63, 3.8) is 0 Å². The maximum Gasteiger partial charge on any atom is 0.226 e. The first kappa shape index (κ1) is 12.5. The number of nitrogens with one attached hydrogen (secondary N) is 1. The van der Waals surface area contributed by atoms with Crippen molar-refractivity contribution < 1.29 is 4.79 Å². The number of carbonyl (C=O) groups excluding carboxylic acids is 1. The Bertz CT molecular complexity index is 362. The van der Waals surface area contributed by atoms with Gasteiger partial charge in [0.15, 0.2) is 0 Å². The van der Waals surface area contributed by atoms with Crippen LogP contribution in [-0.4, -0.2) is 5.91 Å². The Labute approximate surface area is 105 Å². The van der Waals surface area contributed by atoms with E-state index in [9.17, 15) is 4.79 Å². The quantitative estimate of drug-likeness (QED) is 0.831. The summed E-state index contributed by atoms with van der Waals surface area (Å²) in [5.74, 6) is 0.0832. The van der Waals surface area contributed by atoms with Gasteiger partial charge < -0.3 is 5.32 Å². The highest BCUT2D eigenvalue weighted by atomic mass is 127. The molecule has 1 aromatic carbocycles. The first-order chi connectivity index (χ1) is 6.91. The van der Waals surface area contributed by atoms with Gasteiger partial charge >= 0.3 is 0 Å². The third-order valence-electron chi connectivity index (χ3n) is 2.23. The number of rotatable bonds is 2. The zero-order valence-corrected chi connectivity index (χ0v) is 11.7. The van der Waals surface area contributed by atoms with Gasteiger partial charge in [0.05, 0.1) is 0 Å². The summed E-state index contributed by atoms with van der Waals surface area (Å²) >= 11 is 2.32. The molecule has 0 fully saturated rings. The van der Waals surface area contributed by atoms with Crippen LogP contribution >= 0.6 is 22.6 Å². The summed E-state index contributed by atoms with van der Waals surface area (Å²) in [7, 11) is 0. The average Bonchev–Trinajstić information content (AvgIpc) is 2.13. The van der Waals surface area contributed by atoms with Crippen LogP contribution in [0.3, 0.4) is 0 Å². The lowest BCUT2D eigenvalue weighted by Crippen LogP contribution is -2.17. The van der Waals surface area contributed by atoms with Crippen LogP contribution in [0.25, 0.3) is 0 Å². The zero-order valence-electron chi connectivity index (χ0n) is 9.52. The lowest BCUT2D eigenvalue weighted by Gasteiger charge is -2.11. The van der Waals surface area contributed by atoms with E-state index in [1.54, 1.807) is 0 Å². The molecule has 1 N–H and O–H groups in total. The minimum Gasteiger partial charge on any atom is -0.326 e. The highest BCUT2D eigenvalue weighted by molar-refractivity contribution is 14.1. The maximum absolute atomic E-state index is 11.5. The number of carbonyl (C=O) groups is 1. The van der Waals surface area contributed by atoms with Gasteiger partial charge in [-0.3, -0.25) is 4.79 Å². The second kappa shape index (κ2) is 4.96. The Morgan fingerprint density at radius 2 is 1.73 bits per heavy atom. The van der Waals surface area contributed by atoms with Gasteiger partial charge in [-0.15, -0.1) is 0 Å². The van der Waals surface area contributed by atoms with Crippen LogP contribution in [0, 0.1) is 23.3 Å². The standard InChI is InChI=1S/C12H16INO/c1-7(2)12(15)14-10-5-8(3)11(13)9(4)6-10/h5-7H,1-4H3,(H,14,15). The fourth-order valence-corrected chi connectivity index (χ4v) is 1.62. The van der Waals surface area contributed by atoms with E-state index >= 15 is 0 Å². The molecule has 0 aliphatic heterocycles. The molecule has 0 saturated carbocycles. The van der Waals surface area contributed by atoms with Gasteiger partial charge in [0.2, 0.25) is 5.91 Å². The molecule has 0 bridgehead atoms. The van der Waals surface area contributed by atoms with Crippen LogP contribution in [0.2, 0.25) is 0 Å².